The topological polar surface area (TPSA) is 68.3 Å². The Bertz CT molecular complexity index is 260. The molecule has 0 N–H and O–H groups in total. The third-order valence-corrected chi connectivity index (χ3v) is 23.2. The van der Waals surface area contributed by atoms with Gasteiger partial charge in [0.1, 0.15) is 0 Å². The van der Waals surface area contributed by atoms with Crippen molar-refractivity contribution >= 4 is 27.6 Å². The normalized spacial score (nSPS) is 14.6. The SMILES string of the molecule is CC[Si](CC)(CC)[Co]([CH]=O)([CH]=O)([CH]=O)[CH]=O. The van der Waals surface area contributed by atoms with Crippen molar-refractivity contribution in [1.29, 1.82) is 0 Å². The first-order valence-electron chi connectivity index (χ1n) is 5.06. The van der Waals surface area contributed by atoms with Crippen molar-refractivity contribution in [3.8, 4) is 0 Å². The van der Waals surface area contributed by atoms with Gasteiger partial charge in [-0.2, -0.15) is 0 Å². The van der Waals surface area contributed by atoms with Gasteiger partial charge in [0.2, 0.25) is 0 Å². The molecule has 0 radical (unpaired) electrons. The minimum atomic E-state index is -4.07. The fourth-order valence-corrected chi connectivity index (χ4v) is 16.9. The van der Waals surface area contributed by atoms with E-state index in [0.29, 0.717) is 39.0 Å². The van der Waals surface area contributed by atoms with Crippen LogP contribution in [0, 0.1) is 0 Å². The van der Waals surface area contributed by atoms with Crippen LogP contribution in [0.5, 0.6) is 0 Å². The summed E-state index contributed by atoms with van der Waals surface area (Å²) in [5.41, 5.74) is 0. The van der Waals surface area contributed by atoms with Crippen molar-refractivity contribution in [2.75, 3.05) is 0 Å². The summed E-state index contributed by atoms with van der Waals surface area (Å²) in [6.45, 7) is 3.09. The van der Waals surface area contributed by atoms with E-state index < -0.39 is 17.7 Å². The zero-order valence-electron chi connectivity index (χ0n) is 9.90. The van der Waals surface area contributed by atoms with Gasteiger partial charge < -0.3 is 0 Å². The van der Waals surface area contributed by atoms with E-state index in [9.17, 15) is 19.2 Å². The van der Waals surface area contributed by atoms with E-state index in [1.165, 1.54) is 0 Å². The van der Waals surface area contributed by atoms with Crippen LogP contribution in [-0.4, -0.2) is 27.6 Å². The molecule has 96 valence electrons. The van der Waals surface area contributed by atoms with Crippen LogP contribution in [-0.2, 0) is 30.1 Å². The van der Waals surface area contributed by atoms with Crippen LogP contribution in [0.3, 0.4) is 0 Å². The zero-order valence-corrected chi connectivity index (χ0v) is 11.9. The number of rotatable bonds is 8. The monoisotopic (exact) mass is 290 g/mol. The second kappa shape index (κ2) is 5.16. The Labute approximate surface area is 96.8 Å². The van der Waals surface area contributed by atoms with E-state index in [1.807, 2.05) is 20.8 Å². The molecule has 0 rings (SSSR count). The maximum atomic E-state index is 11.4. The van der Waals surface area contributed by atoms with Gasteiger partial charge in [0, 0.05) is 0 Å². The Hall–Kier alpha value is -0.597. The Morgan fingerprint density at radius 3 is 1.06 bits per heavy atom. The molecule has 0 aliphatic carbocycles. The summed E-state index contributed by atoms with van der Waals surface area (Å²) in [6.07, 6.45) is 0. The van der Waals surface area contributed by atoms with Crippen LogP contribution >= 0.6 is 0 Å². The Morgan fingerprint density at radius 1 is 0.750 bits per heavy atom. The van der Waals surface area contributed by atoms with Crippen LogP contribution in [0.2, 0.25) is 18.1 Å². The minimum absolute atomic E-state index is 0.389. The van der Waals surface area contributed by atoms with Crippen molar-refractivity contribution in [1.82, 2.24) is 0 Å². The van der Waals surface area contributed by atoms with Crippen molar-refractivity contribution in [3.63, 3.8) is 0 Å². The molecule has 0 heterocycles. The standard InChI is InChI=1S/C6H15Si.4CHO.Co/c1-4-7(5-2)6-3;4*1-2;/h4-6H2,1-3H3;4*1H;. The molecular weight excluding hydrogens is 271 g/mol. The number of carbonyl (C=O) groups excluding carboxylic acids is 4. The molecule has 0 aliphatic rings. The molecule has 0 aromatic rings. The summed E-state index contributed by atoms with van der Waals surface area (Å²) in [6, 6.07) is 1.81. The fourth-order valence-electron chi connectivity index (χ4n) is 2.01. The summed E-state index contributed by atoms with van der Waals surface area (Å²) in [4.78, 5) is 45.5. The second-order valence-electron chi connectivity index (χ2n) is 3.53. The molecule has 0 atom stereocenters. The maximum absolute atomic E-state index is 11.4. The molecule has 0 bridgehead atoms. The Morgan fingerprint density at radius 2 is 1.00 bits per heavy atom. The van der Waals surface area contributed by atoms with Crippen LogP contribution in [0.4, 0.5) is 0 Å². The average Bonchev–Trinajstić information content (AvgIpc) is 2.38. The summed E-state index contributed by atoms with van der Waals surface area (Å²) >= 11 is 0. The van der Waals surface area contributed by atoms with Gasteiger partial charge in [-0.3, -0.25) is 0 Å². The summed E-state index contributed by atoms with van der Waals surface area (Å²) in [5, 5.41) is 1.56. The van der Waals surface area contributed by atoms with E-state index in [0.717, 1.165) is 0 Å². The number of carbonyl (C=O) groups is 4. The molecule has 0 fully saturated rings. The van der Waals surface area contributed by atoms with Gasteiger partial charge in [0.25, 0.3) is 0 Å². The molecule has 16 heavy (non-hydrogen) atoms. The van der Waals surface area contributed by atoms with E-state index >= 15 is 0 Å². The molecule has 0 saturated heterocycles. The van der Waals surface area contributed by atoms with Gasteiger partial charge >= 0.3 is 96.6 Å². The first-order valence-corrected chi connectivity index (χ1v) is 11.5. The van der Waals surface area contributed by atoms with Crippen LogP contribution < -0.4 is 0 Å². The third kappa shape index (κ3) is 1.56. The van der Waals surface area contributed by atoms with Gasteiger partial charge in [-0.15, -0.1) is 0 Å². The zero-order chi connectivity index (χ0) is 12.9. The first kappa shape index (κ1) is 15.4. The van der Waals surface area contributed by atoms with Gasteiger partial charge in [-0.1, -0.05) is 0 Å². The first-order chi connectivity index (χ1) is 7.50. The van der Waals surface area contributed by atoms with Crippen molar-refractivity contribution in [2.45, 2.75) is 38.9 Å². The summed E-state index contributed by atoms with van der Waals surface area (Å²) in [5.74, 6) is 0. The molecule has 4 nitrogen and oxygen atoms in total. The molecule has 6 heteroatoms. The molecule has 0 aromatic heterocycles. The predicted octanol–water partition coefficient (Wildman–Crippen LogP) is 1.44. The summed E-state index contributed by atoms with van der Waals surface area (Å²) in [7, 11) is -4.07. The molecule has 0 saturated carbocycles. The van der Waals surface area contributed by atoms with Gasteiger partial charge in [0.05, 0.1) is 0 Å². The van der Waals surface area contributed by atoms with E-state index in [2.05, 4.69) is 0 Å². The average molecular weight is 290 g/mol. The molecule has 0 aliphatic heterocycles. The predicted molar refractivity (Wildman–Crippen MR) is 64.2 cm³/mol. The quantitative estimate of drug-likeness (QED) is 0.501. The number of hydrogen-bond acceptors (Lipinski definition) is 4. The van der Waals surface area contributed by atoms with E-state index in [4.69, 9.17) is 0 Å². The van der Waals surface area contributed by atoms with Crippen LogP contribution in [0.1, 0.15) is 20.8 Å². The molecular formula is C10H19CoO4Si. The van der Waals surface area contributed by atoms with Crippen molar-refractivity contribution in [2.24, 2.45) is 0 Å². The van der Waals surface area contributed by atoms with Crippen LogP contribution in [0.15, 0.2) is 0 Å². The molecule has 0 amide bonds. The van der Waals surface area contributed by atoms with Gasteiger partial charge in [0.15, 0.2) is 0 Å². The Balaban J connectivity index is 6.23. The second-order valence-corrected chi connectivity index (χ2v) is 18.6. The van der Waals surface area contributed by atoms with E-state index in [-0.39, 0.29) is 0 Å². The fraction of sp³-hybridized carbons (Fsp3) is 0.600. The molecule has 0 spiro atoms. The van der Waals surface area contributed by atoms with Crippen molar-refractivity contribution < 1.29 is 30.1 Å². The van der Waals surface area contributed by atoms with Gasteiger partial charge in [-0.05, 0) is 0 Å². The molecule has 0 aromatic carbocycles. The van der Waals surface area contributed by atoms with Gasteiger partial charge in [-0.25, -0.2) is 0 Å². The van der Waals surface area contributed by atoms with Crippen molar-refractivity contribution in [3.05, 3.63) is 0 Å². The molecule has 0 unspecified atom stereocenters. The number of hydrogen-bond donors (Lipinski definition) is 0. The Kier molecular flexibility index (Phi) is 4.96. The summed E-state index contributed by atoms with van der Waals surface area (Å²) < 4.78 is 0. The third-order valence-electron chi connectivity index (χ3n) is 3.37. The van der Waals surface area contributed by atoms with Crippen LogP contribution in [0.25, 0.3) is 0 Å². The van der Waals surface area contributed by atoms with E-state index in [1.54, 1.807) is 0 Å².